The molecule has 0 aliphatic heterocycles. The van der Waals surface area contributed by atoms with Crippen LogP contribution in [0.5, 0.6) is 11.8 Å². The van der Waals surface area contributed by atoms with Gasteiger partial charge in [-0.25, -0.2) is 4.39 Å². The van der Waals surface area contributed by atoms with Crippen molar-refractivity contribution in [1.82, 2.24) is 9.97 Å². The van der Waals surface area contributed by atoms with Gasteiger partial charge in [0.05, 0.1) is 18.3 Å². The Kier molecular flexibility index (Phi) is 5.57. The maximum atomic E-state index is 14.4. The van der Waals surface area contributed by atoms with Crippen LogP contribution in [0.25, 0.3) is 10.9 Å². The minimum Gasteiger partial charge on any atom is -0.497 e. The highest BCUT2D eigenvalue weighted by atomic mass is 79.9. The molecule has 4 rings (SSSR count). The van der Waals surface area contributed by atoms with Gasteiger partial charge in [0.1, 0.15) is 24.0 Å². The Hall–Kier alpha value is -3.19. The Bertz CT molecular complexity index is 1160. The quantitative estimate of drug-likeness (QED) is 0.396. The average Bonchev–Trinajstić information content (AvgIpc) is 2.74. The van der Waals surface area contributed by atoms with Crippen LogP contribution in [-0.2, 0) is 6.61 Å². The lowest BCUT2D eigenvalue weighted by molar-refractivity contribution is 0.282. The van der Waals surface area contributed by atoms with Crippen LogP contribution in [0.1, 0.15) is 5.56 Å². The van der Waals surface area contributed by atoms with Crippen LogP contribution in [-0.4, -0.2) is 17.1 Å². The first-order chi connectivity index (χ1) is 14.1. The van der Waals surface area contributed by atoms with E-state index in [-0.39, 0.29) is 6.01 Å². The summed E-state index contributed by atoms with van der Waals surface area (Å²) in [6, 6.07) is 20.1. The van der Waals surface area contributed by atoms with Gasteiger partial charge in [-0.2, -0.15) is 9.97 Å². The molecule has 0 saturated carbocycles. The first-order valence-corrected chi connectivity index (χ1v) is 9.66. The fourth-order valence-corrected chi connectivity index (χ4v) is 3.15. The topological polar surface area (TPSA) is 56.3 Å². The predicted molar refractivity (Wildman–Crippen MR) is 114 cm³/mol. The number of nitrogens with one attached hydrogen (secondary N) is 1. The molecule has 1 aromatic heterocycles. The van der Waals surface area contributed by atoms with Crippen LogP contribution in [0.3, 0.4) is 0 Å². The lowest BCUT2D eigenvalue weighted by Gasteiger charge is -2.13. The number of anilines is 2. The normalized spacial score (nSPS) is 10.7. The number of nitrogens with zero attached hydrogens (tertiary/aromatic N) is 2. The molecule has 4 aromatic rings. The SMILES string of the molecule is COc1ccc2nc(OCc3ccccc3)nc(Nc3ccc(Br)cc3F)c2c1. The summed E-state index contributed by atoms with van der Waals surface area (Å²) in [5.41, 5.74) is 1.95. The second kappa shape index (κ2) is 8.45. The Labute approximate surface area is 175 Å². The highest BCUT2D eigenvalue weighted by molar-refractivity contribution is 9.10. The van der Waals surface area contributed by atoms with Gasteiger partial charge >= 0.3 is 6.01 Å². The number of rotatable bonds is 6. The molecule has 0 atom stereocenters. The number of hydrogen-bond donors (Lipinski definition) is 1. The summed E-state index contributed by atoms with van der Waals surface area (Å²) in [6.07, 6.45) is 0. The molecule has 29 heavy (non-hydrogen) atoms. The van der Waals surface area contributed by atoms with Crippen molar-refractivity contribution >= 4 is 38.3 Å². The van der Waals surface area contributed by atoms with Crippen molar-refractivity contribution in [2.45, 2.75) is 6.61 Å². The zero-order valence-corrected chi connectivity index (χ0v) is 17.1. The van der Waals surface area contributed by atoms with Gasteiger partial charge in [0.2, 0.25) is 0 Å². The summed E-state index contributed by atoms with van der Waals surface area (Å²) in [5, 5.41) is 3.74. The monoisotopic (exact) mass is 453 g/mol. The van der Waals surface area contributed by atoms with Gasteiger partial charge in [0.25, 0.3) is 0 Å². The second-order valence-electron chi connectivity index (χ2n) is 6.26. The van der Waals surface area contributed by atoms with E-state index in [0.717, 1.165) is 5.56 Å². The largest absolute Gasteiger partial charge is 0.497 e. The van der Waals surface area contributed by atoms with Gasteiger partial charge in [0, 0.05) is 9.86 Å². The van der Waals surface area contributed by atoms with E-state index in [4.69, 9.17) is 9.47 Å². The van der Waals surface area contributed by atoms with E-state index in [1.807, 2.05) is 36.4 Å². The minimum atomic E-state index is -0.402. The van der Waals surface area contributed by atoms with Crippen LogP contribution in [0.15, 0.2) is 71.2 Å². The van der Waals surface area contributed by atoms with Crippen LogP contribution in [0.4, 0.5) is 15.9 Å². The maximum absolute atomic E-state index is 14.4. The summed E-state index contributed by atoms with van der Waals surface area (Å²) in [6.45, 7) is 0.328. The Morgan fingerprint density at radius 1 is 1.00 bits per heavy atom. The van der Waals surface area contributed by atoms with Crippen molar-refractivity contribution < 1.29 is 13.9 Å². The molecule has 0 fully saturated rings. The van der Waals surface area contributed by atoms with Crippen LogP contribution >= 0.6 is 15.9 Å². The van der Waals surface area contributed by atoms with E-state index in [1.54, 1.807) is 31.4 Å². The molecule has 0 spiro atoms. The Balaban J connectivity index is 1.72. The average molecular weight is 454 g/mol. The van der Waals surface area contributed by atoms with Gasteiger partial charge < -0.3 is 14.8 Å². The van der Waals surface area contributed by atoms with Gasteiger partial charge in [-0.1, -0.05) is 46.3 Å². The molecule has 1 heterocycles. The maximum Gasteiger partial charge on any atom is 0.319 e. The summed E-state index contributed by atoms with van der Waals surface area (Å²) in [4.78, 5) is 8.95. The third kappa shape index (κ3) is 4.46. The van der Waals surface area contributed by atoms with Gasteiger partial charge in [-0.05, 0) is 42.0 Å². The first kappa shape index (κ1) is 19.1. The number of aromatic nitrogens is 2. The van der Waals surface area contributed by atoms with Crippen molar-refractivity contribution in [3.63, 3.8) is 0 Å². The van der Waals surface area contributed by atoms with E-state index in [0.29, 0.717) is 39.2 Å². The number of ether oxygens (including phenoxy) is 2. The van der Waals surface area contributed by atoms with E-state index < -0.39 is 5.82 Å². The molecular formula is C22H17BrFN3O2. The second-order valence-corrected chi connectivity index (χ2v) is 7.18. The highest BCUT2D eigenvalue weighted by Gasteiger charge is 2.13. The molecule has 0 unspecified atom stereocenters. The molecule has 0 radical (unpaired) electrons. The summed E-state index contributed by atoms with van der Waals surface area (Å²) in [5.74, 6) is 0.678. The highest BCUT2D eigenvalue weighted by Crippen LogP contribution is 2.30. The van der Waals surface area contributed by atoms with Crippen molar-refractivity contribution in [3.8, 4) is 11.8 Å². The lowest BCUT2D eigenvalue weighted by atomic mass is 10.2. The smallest absolute Gasteiger partial charge is 0.319 e. The molecule has 0 aliphatic rings. The van der Waals surface area contributed by atoms with Gasteiger partial charge in [-0.15, -0.1) is 0 Å². The lowest BCUT2D eigenvalue weighted by Crippen LogP contribution is -2.04. The summed E-state index contributed by atoms with van der Waals surface area (Å²) >= 11 is 3.26. The fraction of sp³-hybridized carbons (Fsp3) is 0.0909. The van der Waals surface area contributed by atoms with Crippen molar-refractivity contribution in [2.24, 2.45) is 0 Å². The molecule has 7 heteroatoms. The Morgan fingerprint density at radius 3 is 2.59 bits per heavy atom. The predicted octanol–water partition coefficient (Wildman–Crippen LogP) is 5.86. The number of halogens is 2. The third-order valence-electron chi connectivity index (χ3n) is 4.28. The molecule has 3 aromatic carbocycles. The molecule has 1 N–H and O–H groups in total. The molecule has 5 nitrogen and oxygen atoms in total. The molecular weight excluding hydrogens is 437 g/mol. The van der Waals surface area contributed by atoms with Crippen molar-refractivity contribution in [1.29, 1.82) is 0 Å². The Morgan fingerprint density at radius 2 is 1.83 bits per heavy atom. The van der Waals surface area contributed by atoms with Crippen LogP contribution in [0.2, 0.25) is 0 Å². The van der Waals surface area contributed by atoms with Gasteiger partial charge in [-0.3, -0.25) is 0 Å². The summed E-state index contributed by atoms with van der Waals surface area (Å²) < 4.78 is 26.1. The van der Waals surface area contributed by atoms with Crippen molar-refractivity contribution in [2.75, 3.05) is 12.4 Å². The van der Waals surface area contributed by atoms with Crippen LogP contribution < -0.4 is 14.8 Å². The fourth-order valence-electron chi connectivity index (χ4n) is 2.81. The molecule has 0 amide bonds. The number of benzene rings is 3. The molecule has 0 saturated heterocycles. The standard InChI is InChI=1S/C22H17BrFN3O2/c1-28-16-8-10-19-17(12-16)21(25-20-9-7-15(23)11-18(20)24)27-22(26-19)29-13-14-5-3-2-4-6-14/h2-12H,13H2,1H3,(H,25,26,27). The number of hydrogen-bond acceptors (Lipinski definition) is 5. The van der Waals surface area contributed by atoms with Crippen molar-refractivity contribution in [3.05, 3.63) is 82.6 Å². The van der Waals surface area contributed by atoms with E-state index in [2.05, 4.69) is 31.2 Å². The van der Waals surface area contributed by atoms with Crippen LogP contribution in [0, 0.1) is 5.82 Å². The number of fused-ring (bicyclic) bond motifs is 1. The van der Waals surface area contributed by atoms with Gasteiger partial charge in [0.15, 0.2) is 0 Å². The minimum absolute atomic E-state index is 0.200. The van der Waals surface area contributed by atoms with E-state index in [1.165, 1.54) is 6.07 Å². The third-order valence-corrected chi connectivity index (χ3v) is 4.77. The zero-order chi connectivity index (χ0) is 20.2. The molecule has 0 bridgehead atoms. The summed E-state index contributed by atoms with van der Waals surface area (Å²) in [7, 11) is 1.58. The number of methoxy groups -OCH3 is 1. The zero-order valence-electron chi connectivity index (χ0n) is 15.5. The molecule has 146 valence electrons. The first-order valence-electron chi connectivity index (χ1n) is 8.87. The molecule has 0 aliphatic carbocycles. The van der Waals surface area contributed by atoms with E-state index >= 15 is 0 Å². The van der Waals surface area contributed by atoms with E-state index in [9.17, 15) is 4.39 Å².